The number of allylic oxidation sites excluding steroid dienone is 2. The molecule has 3 unspecified atom stereocenters. The third kappa shape index (κ3) is 4.60. The minimum absolute atomic E-state index is 0.141. The SMILES string of the molecule is COc1ccc(C2C(C(=O)O)C(c3ccc4c(c3)OCO4)CN2CCCC=C(C)C)cc1. The van der Waals surface area contributed by atoms with Gasteiger partial charge in [0, 0.05) is 18.5 Å². The van der Waals surface area contributed by atoms with Crippen LogP contribution < -0.4 is 14.2 Å². The highest BCUT2D eigenvalue weighted by molar-refractivity contribution is 5.74. The number of carbonyl (C=O) groups is 1. The molecule has 2 aromatic carbocycles. The molecule has 0 spiro atoms. The maximum Gasteiger partial charge on any atom is 0.309 e. The van der Waals surface area contributed by atoms with E-state index in [-0.39, 0.29) is 18.8 Å². The molecule has 4 rings (SSSR count). The number of hydrogen-bond donors (Lipinski definition) is 1. The van der Waals surface area contributed by atoms with Gasteiger partial charge in [-0.2, -0.15) is 0 Å². The third-order valence-corrected chi connectivity index (χ3v) is 6.37. The Morgan fingerprint density at radius 1 is 1.12 bits per heavy atom. The van der Waals surface area contributed by atoms with Crippen molar-refractivity contribution >= 4 is 5.97 Å². The second-order valence-electron chi connectivity index (χ2n) is 8.72. The first kappa shape index (κ1) is 22.2. The minimum Gasteiger partial charge on any atom is -0.497 e. The Morgan fingerprint density at radius 2 is 1.84 bits per heavy atom. The first-order valence-corrected chi connectivity index (χ1v) is 11.1. The van der Waals surface area contributed by atoms with Crippen molar-refractivity contribution in [2.75, 3.05) is 27.0 Å². The Hall–Kier alpha value is -2.99. The molecule has 2 aromatic rings. The zero-order chi connectivity index (χ0) is 22.7. The van der Waals surface area contributed by atoms with Crippen molar-refractivity contribution in [1.82, 2.24) is 4.90 Å². The molecule has 3 atom stereocenters. The van der Waals surface area contributed by atoms with Crippen molar-refractivity contribution in [3.63, 3.8) is 0 Å². The molecule has 0 radical (unpaired) electrons. The van der Waals surface area contributed by atoms with Gasteiger partial charge in [0.1, 0.15) is 5.75 Å². The molecule has 0 aliphatic carbocycles. The van der Waals surface area contributed by atoms with Crippen LogP contribution in [0.25, 0.3) is 0 Å². The number of benzene rings is 2. The molecule has 32 heavy (non-hydrogen) atoms. The number of hydrogen-bond acceptors (Lipinski definition) is 5. The van der Waals surface area contributed by atoms with Gasteiger partial charge in [-0.3, -0.25) is 9.69 Å². The fourth-order valence-electron chi connectivity index (χ4n) is 4.83. The van der Waals surface area contributed by atoms with Gasteiger partial charge in [0.15, 0.2) is 11.5 Å². The predicted octanol–water partition coefficient (Wildman–Crippen LogP) is 5.01. The number of nitrogens with zero attached hydrogens (tertiary/aromatic N) is 1. The van der Waals surface area contributed by atoms with Gasteiger partial charge in [-0.05, 0) is 68.6 Å². The van der Waals surface area contributed by atoms with Crippen LogP contribution in [-0.2, 0) is 4.79 Å². The Labute approximate surface area is 189 Å². The standard InChI is InChI=1S/C26H31NO5/c1-17(2)6-4-5-13-27-15-21(19-9-12-22-23(14-19)32-16-31-22)24(26(28)29)25(27)18-7-10-20(30-3)11-8-18/h6-12,14,21,24-25H,4-5,13,15-16H2,1-3H3,(H,28,29). The highest BCUT2D eigenvalue weighted by Crippen LogP contribution is 2.47. The maximum atomic E-state index is 12.6. The molecule has 0 aromatic heterocycles. The summed E-state index contributed by atoms with van der Waals surface area (Å²) in [6.07, 6.45) is 4.21. The Morgan fingerprint density at radius 3 is 2.53 bits per heavy atom. The summed E-state index contributed by atoms with van der Waals surface area (Å²) in [5.74, 6) is 0.685. The zero-order valence-corrected chi connectivity index (χ0v) is 18.9. The van der Waals surface area contributed by atoms with Crippen molar-refractivity contribution in [3.8, 4) is 17.2 Å². The van der Waals surface area contributed by atoms with E-state index in [2.05, 4.69) is 24.8 Å². The molecule has 0 saturated carbocycles. The number of methoxy groups -OCH3 is 1. The Kier molecular flexibility index (Phi) is 6.70. The number of ether oxygens (including phenoxy) is 3. The van der Waals surface area contributed by atoms with Crippen LogP contribution in [0.3, 0.4) is 0 Å². The van der Waals surface area contributed by atoms with Gasteiger partial charge in [0.2, 0.25) is 6.79 Å². The van der Waals surface area contributed by atoms with Crippen LogP contribution in [0.4, 0.5) is 0 Å². The van der Waals surface area contributed by atoms with E-state index < -0.39 is 11.9 Å². The van der Waals surface area contributed by atoms with E-state index >= 15 is 0 Å². The van der Waals surface area contributed by atoms with Crippen LogP contribution in [0, 0.1) is 5.92 Å². The molecule has 0 amide bonds. The highest BCUT2D eigenvalue weighted by atomic mass is 16.7. The molecule has 1 N–H and O–H groups in total. The number of aliphatic carboxylic acids is 1. The Bertz CT molecular complexity index is 980. The van der Waals surface area contributed by atoms with E-state index in [9.17, 15) is 9.90 Å². The lowest BCUT2D eigenvalue weighted by Crippen LogP contribution is -2.29. The summed E-state index contributed by atoms with van der Waals surface area (Å²) in [7, 11) is 1.63. The number of rotatable bonds is 8. The van der Waals surface area contributed by atoms with Gasteiger partial charge in [-0.15, -0.1) is 0 Å². The van der Waals surface area contributed by atoms with Gasteiger partial charge in [-0.25, -0.2) is 0 Å². The summed E-state index contributed by atoms with van der Waals surface area (Å²) >= 11 is 0. The normalized spacial score (nSPS) is 22.0. The molecular weight excluding hydrogens is 406 g/mol. The van der Waals surface area contributed by atoms with Crippen LogP contribution in [0.1, 0.15) is 49.8 Å². The average Bonchev–Trinajstić information content (AvgIpc) is 3.40. The summed E-state index contributed by atoms with van der Waals surface area (Å²) < 4.78 is 16.3. The van der Waals surface area contributed by atoms with E-state index in [0.717, 1.165) is 36.3 Å². The van der Waals surface area contributed by atoms with Gasteiger partial charge >= 0.3 is 5.97 Å². The summed E-state index contributed by atoms with van der Waals surface area (Å²) in [4.78, 5) is 14.9. The summed E-state index contributed by atoms with van der Waals surface area (Å²) in [6.45, 7) is 5.93. The van der Waals surface area contributed by atoms with Gasteiger partial charge in [0.05, 0.1) is 13.0 Å². The second kappa shape index (κ2) is 9.65. The van der Waals surface area contributed by atoms with E-state index in [0.29, 0.717) is 18.0 Å². The number of unbranched alkanes of at least 4 members (excludes halogenated alkanes) is 1. The van der Waals surface area contributed by atoms with Crippen molar-refractivity contribution in [2.45, 2.75) is 38.6 Å². The molecule has 2 heterocycles. The van der Waals surface area contributed by atoms with Gasteiger partial charge < -0.3 is 19.3 Å². The van der Waals surface area contributed by atoms with Crippen LogP contribution in [0.5, 0.6) is 17.2 Å². The Balaban J connectivity index is 1.66. The quantitative estimate of drug-likeness (QED) is 0.462. The van der Waals surface area contributed by atoms with Gasteiger partial charge in [0.25, 0.3) is 0 Å². The topological polar surface area (TPSA) is 68.2 Å². The van der Waals surface area contributed by atoms with E-state index in [1.54, 1.807) is 7.11 Å². The molecule has 170 valence electrons. The van der Waals surface area contributed by atoms with E-state index in [1.165, 1.54) is 5.57 Å². The van der Waals surface area contributed by atoms with Crippen LogP contribution in [0.15, 0.2) is 54.1 Å². The molecule has 2 aliphatic rings. The third-order valence-electron chi connectivity index (χ3n) is 6.37. The first-order valence-electron chi connectivity index (χ1n) is 11.1. The van der Waals surface area contributed by atoms with Crippen LogP contribution >= 0.6 is 0 Å². The lowest BCUT2D eigenvalue weighted by atomic mass is 9.82. The van der Waals surface area contributed by atoms with E-state index in [1.807, 2.05) is 42.5 Å². The zero-order valence-electron chi connectivity index (χ0n) is 18.9. The predicted molar refractivity (Wildman–Crippen MR) is 122 cm³/mol. The average molecular weight is 438 g/mol. The molecule has 6 nitrogen and oxygen atoms in total. The van der Waals surface area contributed by atoms with Crippen molar-refractivity contribution in [3.05, 3.63) is 65.2 Å². The lowest BCUT2D eigenvalue weighted by Gasteiger charge is -2.27. The lowest BCUT2D eigenvalue weighted by molar-refractivity contribution is -0.143. The fraction of sp³-hybridized carbons (Fsp3) is 0.423. The summed E-state index contributed by atoms with van der Waals surface area (Å²) in [5, 5.41) is 10.3. The number of likely N-dealkylation sites (tertiary alicyclic amines) is 1. The number of fused-ring (bicyclic) bond motifs is 1. The van der Waals surface area contributed by atoms with Crippen LogP contribution in [-0.4, -0.2) is 43.0 Å². The molecule has 1 fully saturated rings. The molecule has 2 aliphatic heterocycles. The molecular formula is C26H31NO5. The summed E-state index contributed by atoms with van der Waals surface area (Å²) in [5.41, 5.74) is 3.29. The molecule has 0 bridgehead atoms. The number of carboxylic acid groups (broad SMARTS) is 1. The fourth-order valence-corrected chi connectivity index (χ4v) is 4.83. The number of carboxylic acids is 1. The van der Waals surface area contributed by atoms with Gasteiger partial charge in [-0.1, -0.05) is 29.8 Å². The van der Waals surface area contributed by atoms with Crippen LogP contribution in [0.2, 0.25) is 0 Å². The maximum absolute atomic E-state index is 12.6. The largest absolute Gasteiger partial charge is 0.497 e. The molecule has 1 saturated heterocycles. The first-order chi connectivity index (χ1) is 15.5. The monoisotopic (exact) mass is 437 g/mol. The second-order valence-corrected chi connectivity index (χ2v) is 8.72. The van der Waals surface area contributed by atoms with Crippen molar-refractivity contribution < 1.29 is 24.1 Å². The smallest absolute Gasteiger partial charge is 0.309 e. The minimum atomic E-state index is -0.778. The molecule has 6 heteroatoms. The van der Waals surface area contributed by atoms with E-state index in [4.69, 9.17) is 14.2 Å². The highest BCUT2D eigenvalue weighted by Gasteiger charge is 2.47. The van der Waals surface area contributed by atoms with Crippen molar-refractivity contribution in [1.29, 1.82) is 0 Å². The van der Waals surface area contributed by atoms with Crippen molar-refractivity contribution in [2.24, 2.45) is 5.92 Å². The summed E-state index contributed by atoms with van der Waals surface area (Å²) in [6, 6.07) is 13.4.